The van der Waals surface area contributed by atoms with Crippen LogP contribution in [0.1, 0.15) is 25.0 Å². The summed E-state index contributed by atoms with van der Waals surface area (Å²) in [7, 11) is 1.92. The summed E-state index contributed by atoms with van der Waals surface area (Å²) in [5.74, 6) is 0.944. The minimum Gasteiger partial charge on any atom is -0.394 e. The Morgan fingerprint density at radius 3 is 2.59 bits per heavy atom. The number of likely N-dealkylation sites (tertiary alicyclic amines) is 1. The predicted molar refractivity (Wildman–Crippen MR) is 71.1 cm³/mol. The molecule has 5 heteroatoms. The Morgan fingerprint density at radius 2 is 2.00 bits per heavy atom. The number of nitrogens with zero attached hydrogens (tertiary/aromatic N) is 3. The summed E-state index contributed by atoms with van der Waals surface area (Å²) in [5.41, 5.74) is 7.63. The second-order valence-electron chi connectivity index (χ2n) is 4.80. The molecule has 3 N–H and O–H groups in total. The van der Waals surface area contributed by atoms with Crippen molar-refractivity contribution in [1.82, 2.24) is 14.7 Å². The highest BCUT2D eigenvalue weighted by atomic mass is 15.3. The van der Waals surface area contributed by atoms with Crippen molar-refractivity contribution in [2.45, 2.75) is 26.2 Å². The predicted octanol–water partition coefficient (Wildman–Crippen LogP) is 1.21. The molecule has 1 fully saturated rings. The normalized spacial score (nSPS) is 17.3. The Kier molecular flexibility index (Phi) is 3.89. The summed E-state index contributed by atoms with van der Waals surface area (Å²) in [4.78, 5) is 2.51. The largest absolute Gasteiger partial charge is 0.394 e. The Bertz CT molecular complexity index is 365. The van der Waals surface area contributed by atoms with Gasteiger partial charge in [0.05, 0.1) is 11.4 Å². The fraction of sp³-hybridized carbons (Fsp3) is 0.750. The number of rotatable bonds is 4. The highest BCUT2D eigenvalue weighted by Crippen LogP contribution is 2.20. The van der Waals surface area contributed by atoms with Crippen molar-refractivity contribution in [3.63, 3.8) is 0 Å². The number of aromatic nitrogens is 2. The molecular formula is C12H23N5. The second-order valence-corrected chi connectivity index (χ2v) is 4.80. The lowest BCUT2D eigenvalue weighted by Gasteiger charge is -2.26. The maximum atomic E-state index is 5.96. The molecule has 1 aromatic heterocycles. The molecule has 0 aromatic carbocycles. The van der Waals surface area contributed by atoms with Gasteiger partial charge in [-0.25, -0.2) is 0 Å². The van der Waals surface area contributed by atoms with Crippen molar-refractivity contribution in [1.29, 1.82) is 0 Å². The van der Waals surface area contributed by atoms with Gasteiger partial charge in [-0.05, 0) is 32.9 Å². The molecule has 5 nitrogen and oxygen atoms in total. The van der Waals surface area contributed by atoms with Crippen LogP contribution in [0.2, 0.25) is 0 Å². The van der Waals surface area contributed by atoms with E-state index in [1.165, 1.54) is 32.4 Å². The highest BCUT2D eigenvalue weighted by molar-refractivity contribution is 5.64. The molecule has 17 heavy (non-hydrogen) atoms. The van der Waals surface area contributed by atoms with Crippen LogP contribution >= 0.6 is 0 Å². The van der Waals surface area contributed by atoms with Gasteiger partial charge in [0, 0.05) is 20.1 Å². The number of aryl methyl sites for hydroxylation is 2. The van der Waals surface area contributed by atoms with Crippen molar-refractivity contribution < 1.29 is 0 Å². The molecule has 1 aromatic rings. The van der Waals surface area contributed by atoms with Crippen molar-refractivity contribution >= 4 is 11.5 Å². The maximum Gasteiger partial charge on any atom is 0.147 e. The lowest BCUT2D eigenvalue weighted by molar-refractivity contribution is 0.237. The number of nitrogen functional groups attached to an aromatic ring is 1. The van der Waals surface area contributed by atoms with E-state index in [4.69, 9.17) is 5.73 Å². The molecule has 0 saturated carbocycles. The van der Waals surface area contributed by atoms with Crippen LogP contribution in [0.15, 0.2) is 0 Å². The molecule has 0 amide bonds. The summed E-state index contributed by atoms with van der Waals surface area (Å²) in [6.45, 7) is 6.43. The molecule has 2 heterocycles. The number of hydrogen-bond acceptors (Lipinski definition) is 4. The molecule has 2 rings (SSSR count). The van der Waals surface area contributed by atoms with E-state index in [1.807, 2.05) is 18.7 Å². The van der Waals surface area contributed by atoms with E-state index in [1.54, 1.807) is 0 Å². The van der Waals surface area contributed by atoms with Gasteiger partial charge in [0.15, 0.2) is 0 Å². The summed E-state index contributed by atoms with van der Waals surface area (Å²) < 4.78 is 1.82. The van der Waals surface area contributed by atoms with Crippen LogP contribution in [0.5, 0.6) is 0 Å². The minimum atomic E-state index is 0.770. The van der Waals surface area contributed by atoms with Crippen LogP contribution < -0.4 is 11.1 Å². The zero-order valence-corrected chi connectivity index (χ0v) is 10.9. The standard InChI is InChI=1S/C12H23N5/c1-10-11(13)12(16(2)15-10)14-6-9-17-7-4-3-5-8-17/h14H,3-9,13H2,1-2H3. The number of nitrogens with two attached hydrogens (primary N) is 1. The Labute approximate surface area is 103 Å². The summed E-state index contributed by atoms with van der Waals surface area (Å²) in [6.07, 6.45) is 4.07. The van der Waals surface area contributed by atoms with Crippen LogP contribution in [0.3, 0.4) is 0 Å². The maximum absolute atomic E-state index is 5.96. The molecule has 0 atom stereocenters. The lowest BCUT2D eigenvalue weighted by Crippen LogP contribution is -2.34. The Hall–Kier alpha value is -1.23. The van der Waals surface area contributed by atoms with Crippen molar-refractivity contribution in [3.05, 3.63) is 5.69 Å². The zero-order chi connectivity index (χ0) is 12.3. The highest BCUT2D eigenvalue weighted by Gasteiger charge is 2.11. The third kappa shape index (κ3) is 2.91. The molecular weight excluding hydrogens is 214 g/mol. The van der Waals surface area contributed by atoms with Crippen molar-refractivity contribution in [2.75, 3.05) is 37.2 Å². The topological polar surface area (TPSA) is 59.1 Å². The third-order valence-corrected chi connectivity index (χ3v) is 3.44. The first-order chi connectivity index (χ1) is 8.18. The summed E-state index contributed by atoms with van der Waals surface area (Å²) in [6, 6.07) is 0. The fourth-order valence-electron chi connectivity index (χ4n) is 2.40. The van der Waals surface area contributed by atoms with E-state index in [9.17, 15) is 0 Å². The minimum absolute atomic E-state index is 0.770. The summed E-state index contributed by atoms with van der Waals surface area (Å²) >= 11 is 0. The number of anilines is 2. The number of nitrogens with one attached hydrogen (secondary N) is 1. The first-order valence-corrected chi connectivity index (χ1v) is 6.44. The average molecular weight is 237 g/mol. The number of hydrogen-bond donors (Lipinski definition) is 2. The quantitative estimate of drug-likeness (QED) is 0.826. The molecule has 1 aliphatic rings. The monoisotopic (exact) mass is 237 g/mol. The van der Waals surface area contributed by atoms with Gasteiger partial charge in [-0.2, -0.15) is 5.10 Å². The van der Waals surface area contributed by atoms with Crippen LogP contribution in [0.4, 0.5) is 11.5 Å². The molecule has 0 unspecified atom stereocenters. The zero-order valence-electron chi connectivity index (χ0n) is 10.9. The van der Waals surface area contributed by atoms with E-state index in [-0.39, 0.29) is 0 Å². The van der Waals surface area contributed by atoms with E-state index in [0.717, 1.165) is 30.3 Å². The third-order valence-electron chi connectivity index (χ3n) is 3.44. The molecule has 0 spiro atoms. The van der Waals surface area contributed by atoms with Crippen LogP contribution in [0, 0.1) is 6.92 Å². The van der Waals surface area contributed by atoms with Gasteiger partial charge in [-0.15, -0.1) is 0 Å². The molecule has 0 radical (unpaired) electrons. The van der Waals surface area contributed by atoms with Gasteiger partial charge < -0.3 is 16.0 Å². The molecule has 0 aliphatic carbocycles. The van der Waals surface area contributed by atoms with E-state index >= 15 is 0 Å². The molecule has 1 aliphatic heterocycles. The first kappa shape index (κ1) is 12.2. The van der Waals surface area contributed by atoms with Gasteiger partial charge >= 0.3 is 0 Å². The van der Waals surface area contributed by atoms with E-state index in [0.29, 0.717) is 0 Å². The Morgan fingerprint density at radius 1 is 1.29 bits per heavy atom. The average Bonchev–Trinajstić information content (AvgIpc) is 2.57. The van der Waals surface area contributed by atoms with Crippen LogP contribution in [-0.4, -0.2) is 40.9 Å². The van der Waals surface area contributed by atoms with Crippen LogP contribution in [0.25, 0.3) is 0 Å². The van der Waals surface area contributed by atoms with Crippen LogP contribution in [-0.2, 0) is 7.05 Å². The van der Waals surface area contributed by atoms with Crippen molar-refractivity contribution in [3.8, 4) is 0 Å². The van der Waals surface area contributed by atoms with Crippen molar-refractivity contribution in [2.24, 2.45) is 7.05 Å². The second kappa shape index (κ2) is 5.40. The van der Waals surface area contributed by atoms with Gasteiger partial charge in [-0.3, -0.25) is 4.68 Å². The van der Waals surface area contributed by atoms with E-state index < -0.39 is 0 Å². The lowest BCUT2D eigenvalue weighted by atomic mass is 10.1. The molecule has 1 saturated heterocycles. The first-order valence-electron chi connectivity index (χ1n) is 6.44. The van der Waals surface area contributed by atoms with Gasteiger partial charge in [0.1, 0.15) is 5.82 Å². The molecule has 96 valence electrons. The van der Waals surface area contributed by atoms with Gasteiger partial charge in [0.2, 0.25) is 0 Å². The van der Waals surface area contributed by atoms with Gasteiger partial charge in [-0.1, -0.05) is 6.42 Å². The molecule has 0 bridgehead atoms. The summed E-state index contributed by atoms with van der Waals surface area (Å²) in [5, 5.41) is 7.67. The fourth-order valence-corrected chi connectivity index (χ4v) is 2.40. The van der Waals surface area contributed by atoms with Gasteiger partial charge in [0.25, 0.3) is 0 Å². The Balaban J connectivity index is 1.81. The number of piperidine rings is 1. The van der Waals surface area contributed by atoms with E-state index in [2.05, 4.69) is 15.3 Å². The smallest absolute Gasteiger partial charge is 0.147 e. The SMILES string of the molecule is Cc1nn(C)c(NCCN2CCCCC2)c1N.